The summed E-state index contributed by atoms with van der Waals surface area (Å²) >= 11 is 0. The maximum Gasteiger partial charge on any atom is 0.247 e. The Balaban J connectivity index is 2.77. The highest BCUT2D eigenvalue weighted by Gasteiger charge is 2.38. The molecule has 1 aliphatic heterocycles. The third kappa shape index (κ3) is 1.34. The van der Waals surface area contributed by atoms with Gasteiger partial charge in [0.25, 0.3) is 0 Å². The van der Waals surface area contributed by atoms with Crippen LogP contribution in [0.4, 0.5) is 0 Å². The largest absolute Gasteiger partial charge is 0.308 e. The lowest BCUT2D eigenvalue weighted by Gasteiger charge is -2.18. The van der Waals surface area contributed by atoms with Crippen molar-refractivity contribution in [3.05, 3.63) is 0 Å². The molecule has 1 atom stereocenters. The van der Waals surface area contributed by atoms with Crippen LogP contribution >= 0.6 is 0 Å². The number of nitrogens with zero attached hydrogens (tertiary/aromatic N) is 1. The van der Waals surface area contributed by atoms with Crippen molar-refractivity contribution in [3.63, 3.8) is 0 Å². The molecule has 0 radical (unpaired) electrons. The summed E-state index contributed by atoms with van der Waals surface area (Å²) in [5.41, 5.74) is 0. The van der Waals surface area contributed by atoms with Gasteiger partial charge in [-0.1, -0.05) is 0 Å². The maximum absolute atomic E-state index is 11.4. The number of carbonyl (C=O) groups is 2. The lowest BCUT2D eigenvalue weighted by atomic mass is 10.2. The average Bonchev–Trinajstić information content (AvgIpc) is 2.25. The third-order valence-electron chi connectivity index (χ3n) is 2.05. The Morgan fingerprint density at radius 2 is 2.08 bits per heavy atom. The summed E-state index contributed by atoms with van der Waals surface area (Å²) in [6, 6.07) is -0.330. The first-order chi connectivity index (χ1) is 5.57. The predicted molar refractivity (Wildman–Crippen MR) is 44.5 cm³/mol. The first kappa shape index (κ1) is 9.19. The van der Waals surface area contributed by atoms with Crippen molar-refractivity contribution in [1.29, 1.82) is 0 Å². The summed E-state index contributed by atoms with van der Waals surface area (Å²) in [6.45, 7) is 3.68. The van der Waals surface area contributed by atoms with E-state index in [1.165, 1.54) is 4.90 Å². The van der Waals surface area contributed by atoms with Crippen LogP contribution in [0.2, 0.25) is 0 Å². The van der Waals surface area contributed by atoms with Gasteiger partial charge in [-0.3, -0.25) is 14.5 Å². The first-order valence-corrected chi connectivity index (χ1v) is 4.11. The number of amides is 2. The van der Waals surface area contributed by atoms with Gasteiger partial charge < -0.3 is 5.32 Å². The number of likely N-dealkylation sites (tertiary alicyclic amines) is 1. The molecule has 0 aromatic rings. The predicted octanol–water partition coefficient (Wildman–Crippen LogP) is -0.258. The minimum Gasteiger partial charge on any atom is -0.308 e. The van der Waals surface area contributed by atoms with Gasteiger partial charge in [0.2, 0.25) is 11.8 Å². The summed E-state index contributed by atoms with van der Waals surface area (Å²) in [5.74, 6) is -0.174. The van der Waals surface area contributed by atoms with Crippen LogP contribution in [0.15, 0.2) is 0 Å². The van der Waals surface area contributed by atoms with Crippen molar-refractivity contribution < 1.29 is 9.59 Å². The number of nitrogens with one attached hydrogen (secondary N) is 1. The van der Waals surface area contributed by atoms with Crippen LogP contribution in [0.1, 0.15) is 20.3 Å². The summed E-state index contributed by atoms with van der Waals surface area (Å²) in [7, 11) is 1.69. The van der Waals surface area contributed by atoms with Crippen molar-refractivity contribution in [3.8, 4) is 0 Å². The highest BCUT2D eigenvalue weighted by molar-refractivity contribution is 6.05. The summed E-state index contributed by atoms with van der Waals surface area (Å²) in [6.07, 6.45) is 0.299. The van der Waals surface area contributed by atoms with Crippen LogP contribution in [-0.4, -0.2) is 35.8 Å². The SMILES string of the molecule is CNC1CC(=O)N(C(C)C)C1=O. The molecule has 1 unspecified atom stereocenters. The molecule has 4 heteroatoms. The van der Waals surface area contributed by atoms with Crippen molar-refractivity contribution in [1.82, 2.24) is 10.2 Å². The zero-order chi connectivity index (χ0) is 9.30. The van der Waals surface area contributed by atoms with Gasteiger partial charge in [0.15, 0.2) is 0 Å². The topological polar surface area (TPSA) is 49.4 Å². The fourth-order valence-corrected chi connectivity index (χ4v) is 1.42. The molecule has 0 aromatic heterocycles. The molecule has 1 heterocycles. The normalized spacial score (nSPS) is 24.3. The molecule has 1 rings (SSSR count). The van der Waals surface area contributed by atoms with Gasteiger partial charge in [0.05, 0.1) is 12.5 Å². The lowest BCUT2D eigenvalue weighted by Crippen LogP contribution is -2.40. The Labute approximate surface area is 71.9 Å². The maximum atomic E-state index is 11.4. The van der Waals surface area contributed by atoms with E-state index in [1.54, 1.807) is 7.05 Å². The van der Waals surface area contributed by atoms with E-state index >= 15 is 0 Å². The molecule has 2 amide bonds. The van der Waals surface area contributed by atoms with Gasteiger partial charge in [-0.15, -0.1) is 0 Å². The van der Waals surface area contributed by atoms with Crippen LogP contribution in [0, 0.1) is 0 Å². The zero-order valence-corrected chi connectivity index (χ0v) is 7.63. The van der Waals surface area contributed by atoms with E-state index in [9.17, 15) is 9.59 Å². The Morgan fingerprint density at radius 3 is 2.33 bits per heavy atom. The van der Waals surface area contributed by atoms with Crippen LogP contribution < -0.4 is 5.32 Å². The molecule has 0 spiro atoms. The molecular weight excluding hydrogens is 156 g/mol. The van der Waals surface area contributed by atoms with E-state index in [0.717, 1.165) is 0 Å². The number of likely N-dealkylation sites (N-methyl/N-ethyl adjacent to an activating group) is 1. The monoisotopic (exact) mass is 170 g/mol. The molecule has 1 aliphatic rings. The van der Waals surface area contributed by atoms with E-state index in [2.05, 4.69) is 5.32 Å². The first-order valence-electron chi connectivity index (χ1n) is 4.11. The fraction of sp³-hybridized carbons (Fsp3) is 0.750. The Morgan fingerprint density at radius 1 is 1.50 bits per heavy atom. The van der Waals surface area contributed by atoms with Gasteiger partial charge in [0.1, 0.15) is 0 Å². The molecule has 0 aliphatic carbocycles. The summed E-state index contributed by atoms with van der Waals surface area (Å²) in [4.78, 5) is 24.0. The van der Waals surface area contributed by atoms with Crippen LogP contribution in [-0.2, 0) is 9.59 Å². The van der Waals surface area contributed by atoms with E-state index in [-0.39, 0.29) is 23.9 Å². The molecule has 4 nitrogen and oxygen atoms in total. The molecule has 68 valence electrons. The molecule has 0 saturated carbocycles. The van der Waals surface area contributed by atoms with Crippen LogP contribution in [0.3, 0.4) is 0 Å². The molecule has 12 heavy (non-hydrogen) atoms. The average molecular weight is 170 g/mol. The van der Waals surface area contributed by atoms with Gasteiger partial charge in [-0.05, 0) is 20.9 Å². The molecule has 1 saturated heterocycles. The summed E-state index contributed by atoms with van der Waals surface area (Å²) in [5, 5.41) is 2.82. The third-order valence-corrected chi connectivity index (χ3v) is 2.05. The van der Waals surface area contributed by atoms with Crippen molar-refractivity contribution in [2.45, 2.75) is 32.4 Å². The summed E-state index contributed by atoms with van der Waals surface area (Å²) < 4.78 is 0. The number of rotatable bonds is 2. The fourth-order valence-electron chi connectivity index (χ4n) is 1.42. The quantitative estimate of drug-likeness (QED) is 0.581. The van der Waals surface area contributed by atoms with Crippen molar-refractivity contribution >= 4 is 11.8 Å². The van der Waals surface area contributed by atoms with Crippen molar-refractivity contribution in [2.24, 2.45) is 0 Å². The standard InChI is InChI=1S/C8H14N2O2/c1-5(2)10-7(11)4-6(9-3)8(10)12/h5-6,9H,4H2,1-3H3. The van der Waals surface area contributed by atoms with Crippen LogP contribution in [0.25, 0.3) is 0 Å². The zero-order valence-electron chi connectivity index (χ0n) is 7.63. The van der Waals surface area contributed by atoms with Gasteiger partial charge in [-0.2, -0.15) is 0 Å². The van der Waals surface area contributed by atoms with E-state index in [1.807, 2.05) is 13.8 Å². The second kappa shape index (κ2) is 3.23. The Bertz CT molecular complexity index is 213. The Kier molecular flexibility index (Phi) is 2.47. The lowest BCUT2D eigenvalue weighted by molar-refractivity contribution is -0.140. The second-order valence-corrected chi connectivity index (χ2v) is 3.24. The highest BCUT2D eigenvalue weighted by Crippen LogP contribution is 2.15. The molecule has 0 bridgehead atoms. The second-order valence-electron chi connectivity index (χ2n) is 3.24. The van der Waals surface area contributed by atoms with E-state index in [4.69, 9.17) is 0 Å². The highest BCUT2D eigenvalue weighted by atomic mass is 16.2. The molecule has 1 fully saturated rings. The van der Waals surface area contributed by atoms with Gasteiger partial charge in [0, 0.05) is 6.04 Å². The number of hydrogen-bond acceptors (Lipinski definition) is 3. The molecule has 0 aromatic carbocycles. The van der Waals surface area contributed by atoms with Gasteiger partial charge in [-0.25, -0.2) is 0 Å². The van der Waals surface area contributed by atoms with E-state index in [0.29, 0.717) is 6.42 Å². The molecular formula is C8H14N2O2. The minimum absolute atomic E-state index is 0.0247. The van der Waals surface area contributed by atoms with E-state index < -0.39 is 0 Å². The van der Waals surface area contributed by atoms with Crippen molar-refractivity contribution in [2.75, 3.05) is 7.05 Å². The number of imide groups is 1. The number of carbonyl (C=O) groups excluding carboxylic acids is 2. The minimum atomic E-state index is -0.306. The Hall–Kier alpha value is -0.900. The number of hydrogen-bond donors (Lipinski definition) is 1. The molecule has 1 N–H and O–H groups in total. The van der Waals surface area contributed by atoms with Crippen LogP contribution in [0.5, 0.6) is 0 Å². The van der Waals surface area contributed by atoms with Gasteiger partial charge >= 0.3 is 0 Å². The smallest absolute Gasteiger partial charge is 0.247 e.